The Morgan fingerprint density at radius 3 is 2.60 bits per heavy atom. The topological polar surface area (TPSA) is 62.2 Å². The Bertz CT molecular complexity index is 795. The first-order chi connectivity index (χ1) is 17.1. The molecule has 1 unspecified atom stereocenters. The van der Waals surface area contributed by atoms with Crippen LogP contribution in [0, 0.1) is 11.8 Å². The molecule has 0 bridgehead atoms. The average Bonchev–Trinajstić information content (AvgIpc) is 3.55. The number of hydrogen-bond donors (Lipinski definition) is 1. The summed E-state index contributed by atoms with van der Waals surface area (Å²) in [5.74, 6) is 2.31. The summed E-state index contributed by atoms with van der Waals surface area (Å²) in [7, 11) is 0. The molecular weight excluding hydrogens is 440 g/mol. The minimum absolute atomic E-state index is 0.105. The summed E-state index contributed by atoms with van der Waals surface area (Å²) in [6.07, 6.45) is 10.0. The zero-order chi connectivity index (χ0) is 24.5. The smallest absolute Gasteiger partial charge is 0.161 e. The van der Waals surface area contributed by atoms with E-state index >= 15 is 0 Å². The van der Waals surface area contributed by atoms with E-state index in [1.807, 2.05) is 18.2 Å². The number of unbranched alkanes of at least 4 members (excludes halogenated alkanes) is 4. The Morgan fingerprint density at radius 1 is 1.03 bits per heavy atom. The summed E-state index contributed by atoms with van der Waals surface area (Å²) in [6, 6.07) is 5.73. The molecule has 4 rings (SSSR count). The van der Waals surface area contributed by atoms with Crippen molar-refractivity contribution < 1.29 is 19.4 Å². The number of rotatable bonds is 14. The molecule has 1 aromatic carbocycles. The highest BCUT2D eigenvalue weighted by Gasteiger charge is 2.31. The SMILES string of the molecule is CCCCCCCC(=O)C[C@H](CN1CCC(CN2CCCC2)C1)[C@H](O)c1ccc2c(c1)OCCO2. The van der Waals surface area contributed by atoms with Crippen LogP contribution in [-0.2, 0) is 4.79 Å². The molecule has 3 aliphatic heterocycles. The van der Waals surface area contributed by atoms with Crippen LogP contribution in [0.2, 0.25) is 0 Å². The van der Waals surface area contributed by atoms with Crippen LogP contribution in [0.4, 0.5) is 0 Å². The second kappa shape index (κ2) is 13.6. The first kappa shape index (κ1) is 26.4. The van der Waals surface area contributed by atoms with Crippen LogP contribution in [0.15, 0.2) is 18.2 Å². The standard InChI is InChI=1S/C29H46N2O4/c1-2-3-4-5-6-9-26(32)18-25(22-31-15-12-23(21-31)20-30-13-7-8-14-30)29(33)24-10-11-27-28(19-24)35-17-16-34-27/h10-11,19,23,25,29,33H,2-9,12-18,20-22H2,1H3/t23?,25-,29-/m1/s1. The lowest BCUT2D eigenvalue weighted by Crippen LogP contribution is -2.34. The van der Waals surface area contributed by atoms with Gasteiger partial charge in [0, 0.05) is 38.4 Å². The fraction of sp³-hybridized carbons (Fsp3) is 0.759. The highest BCUT2D eigenvalue weighted by atomic mass is 16.6. The molecule has 3 atom stereocenters. The van der Waals surface area contributed by atoms with Gasteiger partial charge in [0.15, 0.2) is 11.5 Å². The van der Waals surface area contributed by atoms with E-state index in [0.29, 0.717) is 37.7 Å². The Hall–Kier alpha value is -1.63. The van der Waals surface area contributed by atoms with Gasteiger partial charge in [0.05, 0.1) is 6.10 Å². The largest absolute Gasteiger partial charge is 0.486 e. The zero-order valence-corrected chi connectivity index (χ0v) is 21.8. The van der Waals surface area contributed by atoms with Crippen molar-refractivity contribution in [2.24, 2.45) is 11.8 Å². The summed E-state index contributed by atoms with van der Waals surface area (Å²) in [4.78, 5) is 18.0. The van der Waals surface area contributed by atoms with Crippen molar-refractivity contribution in [1.82, 2.24) is 9.80 Å². The maximum atomic E-state index is 12.9. The predicted octanol–water partition coefficient (Wildman–Crippen LogP) is 4.84. The number of Topliss-reactive ketones (excluding diaryl/α,β-unsaturated/α-hetero) is 1. The molecule has 3 aliphatic rings. The van der Waals surface area contributed by atoms with Crippen LogP contribution in [0.5, 0.6) is 11.5 Å². The number of nitrogens with zero attached hydrogens (tertiary/aromatic N) is 2. The van der Waals surface area contributed by atoms with Crippen LogP contribution in [0.1, 0.15) is 82.8 Å². The predicted molar refractivity (Wildman–Crippen MR) is 139 cm³/mol. The van der Waals surface area contributed by atoms with Gasteiger partial charge in [-0.25, -0.2) is 0 Å². The monoisotopic (exact) mass is 486 g/mol. The summed E-state index contributed by atoms with van der Waals surface area (Å²) in [5.41, 5.74) is 0.822. The maximum Gasteiger partial charge on any atom is 0.161 e. The van der Waals surface area contributed by atoms with Crippen molar-refractivity contribution in [2.45, 2.75) is 77.2 Å². The van der Waals surface area contributed by atoms with Crippen molar-refractivity contribution in [3.05, 3.63) is 23.8 Å². The van der Waals surface area contributed by atoms with Crippen molar-refractivity contribution in [3.63, 3.8) is 0 Å². The van der Waals surface area contributed by atoms with E-state index in [1.54, 1.807) is 0 Å². The summed E-state index contributed by atoms with van der Waals surface area (Å²) in [6.45, 7) is 9.89. The lowest BCUT2D eigenvalue weighted by Gasteiger charge is -2.29. The van der Waals surface area contributed by atoms with Crippen molar-refractivity contribution in [2.75, 3.05) is 52.5 Å². The molecule has 0 aromatic heterocycles. The highest BCUT2D eigenvalue weighted by molar-refractivity contribution is 5.78. The number of hydrogen-bond acceptors (Lipinski definition) is 6. The Labute approximate surface area is 212 Å². The number of aliphatic hydroxyl groups is 1. The number of aliphatic hydroxyl groups excluding tert-OH is 1. The van der Waals surface area contributed by atoms with Crippen LogP contribution >= 0.6 is 0 Å². The van der Waals surface area contributed by atoms with Gasteiger partial charge in [-0.05, 0) is 68.9 Å². The highest BCUT2D eigenvalue weighted by Crippen LogP contribution is 2.36. The molecule has 2 saturated heterocycles. The lowest BCUT2D eigenvalue weighted by atomic mass is 9.89. The number of ether oxygens (including phenoxy) is 2. The molecule has 0 radical (unpaired) electrons. The van der Waals surface area contributed by atoms with E-state index in [9.17, 15) is 9.90 Å². The summed E-state index contributed by atoms with van der Waals surface area (Å²) >= 11 is 0. The van der Waals surface area contributed by atoms with Gasteiger partial charge in [-0.3, -0.25) is 4.79 Å². The molecule has 3 heterocycles. The number of ketones is 1. The molecule has 196 valence electrons. The maximum absolute atomic E-state index is 12.9. The van der Waals surface area contributed by atoms with E-state index in [1.165, 1.54) is 58.2 Å². The molecule has 6 nitrogen and oxygen atoms in total. The van der Waals surface area contributed by atoms with Crippen LogP contribution in [0.3, 0.4) is 0 Å². The Balaban J connectivity index is 1.36. The number of fused-ring (bicyclic) bond motifs is 1. The van der Waals surface area contributed by atoms with Crippen LogP contribution < -0.4 is 9.47 Å². The number of carbonyl (C=O) groups excluding carboxylic acids is 1. The molecule has 0 aliphatic carbocycles. The normalized spacial score (nSPS) is 22.4. The van der Waals surface area contributed by atoms with Crippen molar-refractivity contribution >= 4 is 5.78 Å². The zero-order valence-electron chi connectivity index (χ0n) is 21.8. The second-order valence-corrected chi connectivity index (χ2v) is 10.9. The lowest BCUT2D eigenvalue weighted by molar-refractivity contribution is -0.121. The average molecular weight is 487 g/mol. The third kappa shape index (κ3) is 7.93. The van der Waals surface area contributed by atoms with Gasteiger partial charge in [0.25, 0.3) is 0 Å². The Kier molecular flexibility index (Phi) is 10.3. The van der Waals surface area contributed by atoms with E-state index in [4.69, 9.17) is 9.47 Å². The molecule has 0 saturated carbocycles. The summed E-state index contributed by atoms with van der Waals surface area (Å²) < 4.78 is 11.4. The van der Waals surface area contributed by atoms with E-state index in [0.717, 1.165) is 43.8 Å². The molecule has 0 spiro atoms. The van der Waals surface area contributed by atoms with E-state index < -0.39 is 6.10 Å². The van der Waals surface area contributed by atoms with E-state index in [-0.39, 0.29) is 11.7 Å². The third-order valence-corrected chi connectivity index (χ3v) is 7.98. The van der Waals surface area contributed by atoms with Gasteiger partial charge in [0.1, 0.15) is 19.0 Å². The van der Waals surface area contributed by atoms with Gasteiger partial charge in [-0.15, -0.1) is 0 Å². The molecule has 0 amide bonds. The molecule has 1 N–H and O–H groups in total. The van der Waals surface area contributed by atoms with Crippen LogP contribution in [0.25, 0.3) is 0 Å². The molecule has 35 heavy (non-hydrogen) atoms. The first-order valence-corrected chi connectivity index (χ1v) is 14.2. The number of benzene rings is 1. The van der Waals surface area contributed by atoms with Gasteiger partial charge in [-0.1, -0.05) is 38.7 Å². The van der Waals surface area contributed by atoms with Gasteiger partial charge in [0.2, 0.25) is 0 Å². The molecular formula is C29H46N2O4. The fourth-order valence-electron chi connectivity index (χ4n) is 6.00. The summed E-state index contributed by atoms with van der Waals surface area (Å²) in [5, 5.41) is 11.4. The van der Waals surface area contributed by atoms with Gasteiger partial charge < -0.3 is 24.4 Å². The van der Waals surface area contributed by atoms with Crippen molar-refractivity contribution in [1.29, 1.82) is 0 Å². The second-order valence-electron chi connectivity index (χ2n) is 10.9. The molecule has 1 aromatic rings. The number of carbonyl (C=O) groups is 1. The van der Waals surface area contributed by atoms with Crippen molar-refractivity contribution in [3.8, 4) is 11.5 Å². The van der Waals surface area contributed by atoms with E-state index in [2.05, 4.69) is 16.7 Å². The first-order valence-electron chi connectivity index (χ1n) is 14.2. The minimum Gasteiger partial charge on any atom is -0.486 e. The quantitative estimate of drug-likeness (QED) is 0.380. The van der Waals surface area contributed by atoms with Crippen LogP contribution in [-0.4, -0.2) is 73.2 Å². The van der Waals surface area contributed by atoms with Gasteiger partial charge >= 0.3 is 0 Å². The third-order valence-electron chi connectivity index (χ3n) is 7.98. The fourth-order valence-corrected chi connectivity index (χ4v) is 6.00. The number of likely N-dealkylation sites (tertiary alicyclic amines) is 2. The minimum atomic E-state index is -0.687. The van der Waals surface area contributed by atoms with Gasteiger partial charge in [-0.2, -0.15) is 0 Å². The Morgan fingerprint density at radius 2 is 1.80 bits per heavy atom. The molecule has 2 fully saturated rings. The molecule has 6 heteroatoms.